The van der Waals surface area contributed by atoms with E-state index in [0.717, 1.165) is 4.90 Å². The maximum Gasteiger partial charge on any atom is 0.307 e. The molecule has 1 saturated heterocycles. The quantitative estimate of drug-likeness (QED) is 0.798. The number of benzene rings is 1. The van der Waals surface area contributed by atoms with Gasteiger partial charge in [0.05, 0.1) is 17.8 Å². The molecule has 1 aromatic rings. The molecule has 1 unspecified atom stereocenters. The van der Waals surface area contributed by atoms with Crippen LogP contribution in [0.1, 0.15) is 6.42 Å². The van der Waals surface area contributed by atoms with Gasteiger partial charge in [0, 0.05) is 19.0 Å². The molecule has 0 aromatic heterocycles. The summed E-state index contributed by atoms with van der Waals surface area (Å²) in [5, 5.41) is -1.08. The van der Waals surface area contributed by atoms with Gasteiger partial charge in [-0.15, -0.1) is 3.89 Å². The molecule has 1 amide bonds. The van der Waals surface area contributed by atoms with Gasteiger partial charge in [0.25, 0.3) is 0 Å². The SMILES string of the molecule is COc1ccc(Cl)c(N2CC(S(=O)(=O)F)CC2=O)c1. The van der Waals surface area contributed by atoms with E-state index in [2.05, 4.69) is 0 Å². The zero-order valence-electron chi connectivity index (χ0n) is 9.97. The Kier molecular flexibility index (Phi) is 3.69. The summed E-state index contributed by atoms with van der Waals surface area (Å²) in [6.45, 7) is -0.245. The van der Waals surface area contributed by atoms with Gasteiger partial charge in [-0.1, -0.05) is 11.6 Å². The second kappa shape index (κ2) is 4.97. The zero-order chi connectivity index (χ0) is 14.2. The van der Waals surface area contributed by atoms with Crippen molar-refractivity contribution in [1.29, 1.82) is 0 Å². The molecule has 1 aliphatic heterocycles. The minimum atomic E-state index is -4.74. The monoisotopic (exact) mass is 307 g/mol. The van der Waals surface area contributed by atoms with Gasteiger partial charge in [0.2, 0.25) is 5.91 Å². The first kappa shape index (κ1) is 14.1. The lowest BCUT2D eigenvalue weighted by molar-refractivity contribution is -0.117. The Bertz CT molecular complexity index is 619. The molecule has 1 fully saturated rings. The minimum absolute atomic E-state index is 0.245. The zero-order valence-corrected chi connectivity index (χ0v) is 11.5. The van der Waals surface area contributed by atoms with E-state index in [-0.39, 0.29) is 18.0 Å². The Hall–Kier alpha value is -1.34. The molecule has 0 spiro atoms. The Morgan fingerprint density at radius 3 is 2.68 bits per heavy atom. The molecule has 8 heteroatoms. The van der Waals surface area contributed by atoms with Gasteiger partial charge in [0.1, 0.15) is 11.0 Å². The topological polar surface area (TPSA) is 63.7 Å². The van der Waals surface area contributed by atoms with Crippen LogP contribution in [0.25, 0.3) is 0 Å². The van der Waals surface area contributed by atoms with E-state index in [1.54, 1.807) is 6.07 Å². The molecular weight excluding hydrogens is 297 g/mol. The van der Waals surface area contributed by atoms with E-state index in [4.69, 9.17) is 16.3 Å². The fourth-order valence-electron chi connectivity index (χ4n) is 1.92. The van der Waals surface area contributed by atoms with Crippen LogP contribution in [0.4, 0.5) is 9.57 Å². The van der Waals surface area contributed by atoms with Gasteiger partial charge in [-0.05, 0) is 12.1 Å². The number of amides is 1. The van der Waals surface area contributed by atoms with E-state index >= 15 is 0 Å². The summed E-state index contributed by atoms with van der Waals surface area (Å²) < 4.78 is 39.7. The van der Waals surface area contributed by atoms with Crippen molar-refractivity contribution < 1.29 is 21.8 Å². The van der Waals surface area contributed by atoms with Crippen molar-refractivity contribution in [3.63, 3.8) is 0 Å². The number of hydrogen-bond donors (Lipinski definition) is 0. The molecule has 0 saturated carbocycles. The fourth-order valence-corrected chi connectivity index (χ4v) is 2.81. The molecule has 2 rings (SSSR count). The Morgan fingerprint density at radius 1 is 1.47 bits per heavy atom. The predicted molar refractivity (Wildman–Crippen MR) is 68.8 cm³/mol. The molecule has 1 heterocycles. The number of anilines is 1. The van der Waals surface area contributed by atoms with E-state index < -0.39 is 21.4 Å². The fraction of sp³-hybridized carbons (Fsp3) is 0.364. The van der Waals surface area contributed by atoms with E-state index in [9.17, 15) is 17.1 Å². The molecule has 19 heavy (non-hydrogen) atoms. The molecule has 1 atom stereocenters. The Labute approximate surface area is 115 Å². The number of nitrogens with zero attached hydrogens (tertiary/aromatic N) is 1. The number of rotatable bonds is 3. The minimum Gasteiger partial charge on any atom is -0.497 e. The highest BCUT2D eigenvalue weighted by molar-refractivity contribution is 7.87. The third kappa shape index (κ3) is 2.82. The second-order valence-electron chi connectivity index (χ2n) is 4.12. The largest absolute Gasteiger partial charge is 0.497 e. The number of methoxy groups -OCH3 is 1. The van der Waals surface area contributed by atoms with Crippen LogP contribution in [0.2, 0.25) is 5.02 Å². The third-order valence-corrected chi connectivity index (χ3v) is 4.36. The van der Waals surface area contributed by atoms with Crippen LogP contribution in [0, 0.1) is 0 Å². The number of ether oxygens (including phenoxy) is 1. The summed E-state index contributed by atoms with van der Waals surface area (Å²) in [7, 11) is -3.29. The highest BCUT2D eigenvalue weighted by Crippen LogP contribution is 2.34. The van der Waals surface area contributed by atoms with Crippen molar-refractivity contribution in [2.75, 3.05) is 18.6 Å². The average Bonchev–Trinajstić information content (AvgIpc) is 2.72. The maximum absolute atomic E-state index is 12.9. The molecule has 0 bridgehead atoms. The number of halogens is 2. The van der Waals surface area contributed by atoms with Gasteiger partial charge >= 0.3 is 10.2 Å². The number of carbonyl (C=O) groups is 1. The van der Waals surface area contributed by atoms with Gasteiger partial charge in [0.15, 0.2) is 0 Å². The van der Waals surface area contributed by atoms with Gasteiger partial charge in [-0.25, -0.2) is 0 Å². The van der Waals surface area contributed by atoms with Crippen LogP contribution in [0.5, 0.6) is 5.75 Å². The molecule has 1 aliphatic rings. The molecular formula is C11H11ClFNO4S. The summed E-state index contributed by atoms with van der Waals surface area (Å²) in [4.78, 5) is 12.9. The lowest BCUT2D eigenvalue weighted by Crippen LogP contribution is -2.27. The summed E-state index contributed by atoms with van der Waals surface area (Å²) in [5.41, 5.74) is 0.317. The second-order valence-corrected chi connectivity index (χ2v) is 6.15. The van der Waals surface area contributed by atoms with Crippen LogP contribution in [-0.2, 0) is 15.0 Å². The molecule has 0 aliphatic carbocycles. The van der Waals surface area contributed by atoms with E-state index in [0.29, 0.717) is 11.4 Å². The summed E-state index contributed by atoms with van der Waals surface area (Å²) >= 11 is 5.97. The molecule has 0 N–H and O–H groups in total. The molecule has 0 radical (unpaired) electrons. The normalized spacial score (nSPS) is 19.8. The lowest BCUT2D eigenvalue weighted by Gasteiger charge is -2.18. The summed E-state index contributed by atoms with van der Waals surface area (Å²) in [6, 6.07) is 4.64. The van der Waals surface area contributed by atoms with Gasteiger partial charge in [-0.3, -0.25) is 4.79 Å². The first-order chi connectivity index (χ1) is 8.82. The Balaban J connectivity index is 2.35. The maximum atomic E-state index is 12.9. The summed E-state index contributed by atoms with van der Waals surface area (Å²) in [6.07, 6.45) is -0.383. The average molecular weight is 308 g/mol. The smallest absolute Gasteiger partial charge is 0.307 e. The number of carbonyl (C=O) groups excluding carboxylic acids is 1. The molecule has 104 valence electrons. The van der Waals surface area contributed by atoms with Crippen molar-refractivity contribution in [2.24, 2.45) is 0 Å². The highest BCUT2D eigenvalue weighted by Gasteiger charge is 2.39. The lowest BCUT2D eigenvalue weighted by atomic mass is 10.2. The van der Waals surface area contributed by atoms with Crippen molar-refractivity contribution in [3.8, 4) is 5.75 Å². The van der Waals surface area contributed by atoms with Crippen molar-refractivity contribution in [1.82, 2.24) is 0 Å². The van der Waals surface area contributed by atoms with E-state index in [1.165, 1.54) is 19.2 Å². The third-order valence-electron chi connectivity index (χ3n) is 2.93. The Morgan fingerprint density at radius 2 is 2.16 bits per heavy atom. The highest BCUT2D eigenvalue weighted by atomic mass is 35.5. The molecule has 5 nitrogen and oxygen atoms in total. The van der Waals surface area contributed by atoms with Crippen LogP contribution in [0.3, 0.4) is 0 Å². The first-order valence-electron chi connectivity index (χ1n) is 5.40. The summed E-state index contributed by atoms with van der Waals surface area (Å²) in [5.74, 6) is -0.0138. The van der Waals surface area contributed by atoms with Gasteiger partial charge < -0.3 is 9.64 Å². The van der Waals surface area contributed by atoms with Crippen molar-refractivity contribution in [3.05, 3.63) is 23.2 Å². The molecule has 1 aromatic carbocycles. The van der Waals surface area contributed by atoms with Crippen LogP contribution >= 0.6 is 11.6 Å². The van der Waals surface area contributed by atoms with Crippen LogP contribution in [0.15, 0.2) is 18.2 Å². The van der Waals surface area contributed by atoms with Crippen LogP contribution in [-0.4, -0.2) is 33.2 Å². The standard InChI is InChI=1S/C11H11ClFNO4S/c1-18-7-2-3-9(12)10(4-7)14-6-8(5-11(14)15)19(13,16)17/h2-4,8H,5-6H2,1H3. The first-order valence-corrected chi connectivity index (χ1v) is 7.22. The van der Waals surface area contributed by atoms with Crippen molar-refractivity contribution in [2.45, 2.75) is 11.7 Å². The predicted octanol–water partition coefficient (Wildman–Crippen LogP) is 1.75. The van der Waals surface area contributed by atoms with Crippen LogP contribution < -0.4 is 9.64 Å². The van der Waals surface area contributed by atoms with E-state index in [1.807, 2.05) is 0 Å². The van der Waals surface area contributed by atoms with Crippen molar-refractivity contribution >= 4 is 33.4 Å². The number of hydrogen-bond acceptors (Lipinski definition) is 4. The van der Waals surface area contributed by atoms with Gasteiger partial charge in [-0.2, -0.15) is 8.42 Å².